The lowest BCUT2D eigenvalue weighted by Crippen LogP contribution is -2.38. The Kier molecular flexibility index (Phi) is 6.62. The smallest absolute Gasteiger partial charge is 0.356 e. The van der Waals surface area contributed by atoms with E-state index in [0.29, 0.717) is 32.4 Å². The maximum absolute atomic E-state index is 12.5. The number of nitrogens with one attached hydrogen (secondary N) is 2. The van der Waals surface area contributed by atoms with E-state index in [9.17, 15) is 18.0 Å². The molecule has 1 aliphatic rings. The van der Waals surface area contributed by atoms with Crippen LogP contribution < -0.4 is 10.6 Å². The molecule has 0 aromatic heterocycles. The van der Waals surface area contributed by atoms with E-state index in [1.54, 1.807) is 0 Å². The number of carbonyl (C=O) groups is 1. The Morgan fingerprint density at radius 3 is 2.32 bits per heavy atom. The van der Waals surface area contributed by atoms with Gasteiger partial charge in [-0.05, 0) is 32.1 Å². The minimum absolute atomic E-state index is 0.00155. The van der Waals surface area contributed by atoms with Crippen LogP contribution in [0, 0.1) is 5.92 Å². The Morgan fingerprint density at radius 1 is 1.16 bits per heavy atom. The molecule has 0 heterocycles. The van der Waals surface area contributed by atoms with E-state index < -0.39 is 12.1 Å². The van der Waals surface area contributed by atoms with E-state index in [1.807, 2.05) is 6.92 Å². The number of hydrogen-bond donors (Lipinski definition) is 2. The summed E-state index contributed by atoms with van der Waals surface area (Å²) in [5.41, 5.74) is 0. The van der Waals surface area contributed by atoms with Gasteiger partial charge in [-0.3, -0.25) is 4.79 Å². The van der Waals surface area contributed by atoms with Gasteiger partial charge in [0.15, 0.2) is 0 Å². The van der Waals surface area contributed by atoms with Gasteiger partial charge in [-0.15, -0.1) is 0 Å². The predicted octanol–water partition coefficient (Wildman–Crippen LogP) is 2.61. The molecule has 0 aliphatic heterocycles. The lowest BCUT2D eigenvalue weighted by molar-refractivity contribution is -0.182. The Bertz CT molecular complexity index is 274. The van der Waals surface area contributed by atoms with Crippen molar-refractivity contribution in [2.45, 2.75) is 57.7 Å². The van der Waals surface area contributed by atoms with Crippen molar-refractivity contribution in [1.82, 2.24) is 10.6 Å². The van der Waals surface area contributed by atoms with Crippen LogP contribution in [0.5, 0.6) is 0 Å². The van der Waals surface area contributed by atoms with Gasteiger partial charge < -0.3 is 10.6 Å². The molecule has 0 aromatic rings. The van der Waals surface area contributed by atoms with Crippen molar-refractivity contribution in [3.63, 3.8) is 0 Å². The number of rotatable bonds is 6. The lowest BCUT2D eigenvalue weighted by Gasteiger charge is -2.30. The van der Waals surface area contributed by atoms with Gasteiger partial charge in [-0.25, -0.2) is 0 Å². The van der Waals surface area contributed by atoms with Gasteiger partial charge >= 0.3 is 6.18 Å². The van der Waals surface area contributed by atoms with E-state index in [-0.39, 0.29) is 24.8 Å². The molecule has 0 saturated heterocycles. The van der Waals surface area contributed by atoms with E-state index in [0.717, 1.165) is 6.42 Å². The molecule has 112 valence electrons. The second-order valence-electron chi connectivity index (χ2n) is 5.14. The topological polar surface area (TPSA) is 41.1 Å². The molecule has 0 spiro atoms. The Labute approximate surface area is 112 Å². The van der Waals surface area contributed by atoms with E-state index in [2.05, 4.69) is 10.6 Å². The van der Waals surface area contributed by atoms with Gasteiger partial charge in [-0.1, -0.05) is 6.92 Å². The Hall–Kier alpha value is -0.780. The molecular weight excluding hydrogens is 257 g/mol. The minimum Gasteiger partial charge on any atom is -0.356 e. The monoisotopic (exact) mass is 280 g/mol. The zero-order valence-electron chi connectivity index (χ0n) is 11.4. The normalized spacial score (nSPS) is 24.2. The first kappa shape index (κ1) is 16.3. The Morgan fingerprint density at radius 2 is 1.79 bits per heavy atom. The average Bonchev–Trinajstić information content (AvgIpc) is 2.36. The molecule has 0 unspecified atom stereocenters. The summed E-state index contributed by atoms with van der Waals surface area (Å²) in [6, 6.07) is 0.123. The molecule has 0 atom stereocenters. The first-order chi connectivity index (χ1) is 8.93. The summed E-state index contributed by atoms with van der Waals surface area (Å²) in [5.74, 6) is -1.14. The number of carbonyl (C=O) groups excluding carboxylic acids is 1. The standard InChI is InChI=1S/C13H23F3N2O/c1-2-8-18-12(19)7-9-17-11-5-3-10(4-6-11)13(14,15)16/h10-11,17H,2-9H2,1H3,(H,18,19). The van der Waals surface area contributed by atoms with Crippen molar-refractivity contribution >= 4 is 5.91 Å². The van der Waals surface area contributed by atoms with Crippen molar-refractivity contribution < 1.29 is 18.0 Å². The molecule has 1 rings (SSSR count). The molecule has 0 aromatic carbocycles. The van der Waals surface area contributed by atoms with Crippen LogP contribution in [0.4, 0.5) is 13.2 Å². The van der Waals surface area contributed by atoms with Crippen molar-refractivity contribution in [1.29, 1.82) is 0 Å². The molecule has 0 bridgehead atoms. The maximum Gasteiger partial charge on any atom is 0.391 e. The molecule has 19 heavy (non-hydrogen) atoms. The van der Waals surface area contributed by atoms with Crippen molar-refractivity contribution in [3.8, 4) is 0 Å². The second kappa shape index (κ2) is 7.72. The minimum atomic E-state index is -4.05. The van der Waals surface area contributed by atoms with Crippen LogP contribution >= 0.6 is 0 Å². The van der Waals surface area contributed by atoms with Crippen molar-refractivity contribution in [2.24, 2.45) is 5.92 Å². The van der Waals surface area contributed by atoms with Gasteiger partial charge in [0.05, 0.1) is 5.92 Å². The summed E-state index contributed by atoms with van der Waals surface area (Å²) in [5, 5.41) is 5.94. The summed E-state index contributed by atoms with van der Waals surface area (Å²) >= 11 is 0. The fraction of sp³-hybridized carbons (Fsp3) is 0.923. The van der Waals surface area contributed by atoms with E-state index in [4.69, 9.17) is 0 Å². The van der Waals surface area contributed by atoms with Crippen LogP contribution in [0.1, 0.15) is 45.4 Å². The fourth-order valence-corrected chi connectivity index (χ4v) is 2.37. The molecule has 3 nitrogen and oxygen atoms in total. The Balaban J connectivity index is 2.11. The zero-order chi connectivity index (χ0) is 14.3. The molecule has 6 heteroatoms. The predicted molar refractivity (Wildman–Crippen MR) is 67.7 cm³/mol. The summed E-state index contributed by atoms with van der Waals surface area (Å²) < 4.78 is 37.4. The molecule has 1 amide bonds. The zero-order valence-corrected chi connectivity index (χ0v) is 11.4. The number of halogens is 3. The van der Waals surface area contributed by atoms with Gasteiger partial charge in [-0.2, -0.15) is 13.2 Å². The van der Waals surface area contributed by atoms with E-state index >= 15 is 0 Å². The third kappa shape index (κ3) is 6.27. The molecule has 1 fully saturated rings. The van der Waals surface area contributed by atoms with Gasteiger partial charge in [0, 0.05) is 25.6 Å². The fourth-order valence-electron chi connectivity index (χ4n) is 2.37. The summed E-state index contributed by atoms with van der Waals surface area (Å²) in [7, 11) is 0. The van der Waals surface area contributed by atoms with E-state index in [1.165, 1.54) is 0 Å². The van der Waals surface area contributed by atoms with Crippen LogP contribution in [-0.4, -0.2) is 31.2 Å². The summed E-state index contributed by atoms with van der Waals surface area (Å²) in [6.07, 6.45) is -1.28. The highest BCUT2D eigenvalue weighted by Crippen LogP contribution is 2.37. The molecule has 1 aliphatic carbocycles. The van der Waals surface area contributed by atoms with Crippen molar-refractivity contribution in [2.75, 3.05) is 13.1 Å². The number of alkyl halides is 3. The number of amides is 1. The third-order valence-electron chi connectivity index (χ3n) is 3.55. The van der Waals surface area contributed by atoms with Crippen LogP contribution in [0.3, 0.4) is 0 Å². The molecule has 1 saturated carbocycles. The largest absolute Gasteiger partial charge is 0.391 e. The number of hydrogen-bond acceptors (Lipinski definition) is 2. The maximum atomic E-state index is 12.5. The highest BCUT2D eigenvalue weighted by atomic mass is 19.4. The van der Waals surface area contributed by atoms with Crippen LogP contribution in [-0.2, 0) is 4.79 Å². The quantitative estimate of drug-likeness (QED) is 0.785. The highest BCUT2D eigenvalue weighted by molar-refractivity contribution is 5.75. The SMILES string of the molecule is CCCNC(=O)CCNC1CCC(C(F)(F)F)CC1. The van der Waals surface area contributed by atoms with Gasteiger partial charge in [0.25, 0.3) is 0 Å². The molecular formula is C13H23F3N2O. The van der Waals surface area contributed by atoms with Crippen LogP contribution in [0.2, 0.25) is 0 Å². The summed E-state index contributed by atoms with van der Waals surface area (Å²) in [6.45, 7) is 3.20. The lowest BCUT2D eigenvalue weighted by atomic mass is 9.85. The second-order valence-corrected chi connectivity index (χ2v) is 5.14. The highest BCUT2D eigenvalue weighted by Gasteiger charge is 2.41. The molecule has 2 N–H and O–H groups in total. The van der Waals surface area contributed by atoms with Gasteiger partial charge in [0.1, 0.15) is 0 Å². The van der Waals surface area contributed by atoms with Gasteiger partial charge in [0.2, 0.25) is 5.91 Å². The van der Waals surface area contributed by atoms with Crippen LogP contribution in [0.15, 0.2) is 0 Å². The third-order valence-corrected chi connectivity index (χ3v) is 3.55. The van der Waals surface area contributed by atoms with Crippen LogP contribution in [0.25, 0.3) is 0 Å². The first-order valence-corrected chi connectivity index (χ1v) is 7.00. The first-order valence-electron chi connectivity index (χ1n) is 7.00. The van der Waals surface area contributed by atoms with Crippen molar-refractivity contribution in [3.05, 3.63) is 0 Å². The molecule has 0 radical (unpaired) electrons. The average molecular weight is 280 g/mol. The summed E-state index contributed by atoms with van der Waals surface area (Å²) in [4.78, 5) is 11.3.